The zero-order valence-electron chi connectivity index (χ0n) is 10.7. The van der Waals surface area contributed by atoms with Crippen LogP contribution in [-0.4, -0.2) is 0 Å². The molecular weight excluding hydrogens is 240 g/mol. The molecule has 1 atom stereocenters. The molecule has 0 bridgehead atoms. The smallest absolute Gasteiger partial charge is 0.0406 e. The third-order valence-electron chi connectivity index (χ3n) is 3.29. The Hall–Kier alpha value is -1.27. The van der Waals surface area contributed by atoms with Gasteiger partial charge >= 0.3 is 0 Å². The van der Waals surface area contributed by atoms with Crippen LogP contribution in [0.15, 0.2) is 48.5 Å². The van der Waals surface area contributed by atoms with Gasteiger partial charge in [0.1, 0.15) is 0 Å². The van der Waals surface area contributed by atoms with Gasteiger partial charge in [-0.1, -0.05) is 68.3 Å². The molecule has 2 rings (SSSR count). The average Bonchev–Trinajstić information content (AvgIpc) is 2.40. The van der Waals surface area contributed by atoms with Crippen molar-refractivity contribution < 1.29 is 0 Å². The minimum absolute atomic E-state index is 0.585. The van der Waals surface area contributed by atoms with Gasteiger partial charge in [0.25, 0.3) is 0 Å². The molecular formula is C17H18Cl. The quantitative estimate of drug-likeness (QED) is 0.657. The second kappa shape index (κ2) is 6.06. The van der Waals surface area contributed by atoms with E-state index in [1.165, 1.54) is 16.7 Å². The van der Waals surface area contributed by atoms with E-state index in [2.05, 4.69) is 50.2 Å². The summed E-state index contributed by atoms with van der Waals surface area (Å²) in [5, 5.41) is 0.777. The first-order valence-corrected chi connectivity index (χ1v) is 6.73. The van der Waals surface area contributed by atoms with Gasteiger partial charge in [-0.3, -0.25) is 0 Å². The van der Waals surface area contributed by atoms with Crippen molar-refractivity contribution in [3.8, 4) is 11.1 Å². The van der Waals surface area contributed by atoms with Gasteiger partial charge in [0.15, 0.2) is 0 Å². The summed E-state index contributed by atoms with van der Waals surface area (Å²) in [6.07, 6.45) is 2.13. The van der Waals surface area contributed by atoms with Crippen molar-refractivity contribution in [2.45, 2.75) is 25.7 Å². The predicted octanol–water partition coefficient (Wildman–Crippen LogP) is 5.72. The largest absolute Gasteiger partial charge is 0.0843 e. The summed E-state index contributed by atoms with van der Waals surface area (Å²) in [4.78, 5) is 0. The van der Waals surface area contributed by atoms with Gasteiger partial charge in [-0.25, -0.2) is 0 Å². The maximum atomic E-state index is 5.89. The van der Waals surface area contributed by atoms with Crippen LogP contribution in [0.3, 0.4) is 0 Å². The fraction of sp³-hybridized carbons (Fsp3) is 0.235. The van der Waals surface area contributed by atoms with Crippen LogP contribution in [0.2, 0.25) is 5.02 Å². The molecule has 0 aromatic heterocycles. The molecule has 0 aliphatic heterocycles. The van der Waals surface area contributed by atoms with Crippen LogP contribution in [-0.2, 0) is 0 Å². The molecule has 2 aromatic carbocycles. The highest BCUT2D eigenvalue weighted by atomic mass is 35.5. The second-order valence-electron chi connectivity index (χ2n) is 4.67. The van der Waals surface area contributed by atoms with E-state index in [4.69, 9.17) is 11.6 Å². The van der Waals surface area contributed by atoms with Crippen LogP contribution in [0.25, 0.3) is 11.1 Å². The molecule has 1 radical (unpaired) electrons. The fourth-order valence-electron chi connectivity index (χ4n) is 2.12. The summed E-state index contributed by atoms with van der Waals surface area (Å²) in [5.41, 5.74) is 3.82. The molecule has 0 aliphatic carbocycles. The molecule has 18 heavy (non-hydrogen) atoms. The minimum atomic E-state index is 0.585. The third kappa shape index (κ3) is 3.14. The highest BCUT2D eigenvalue weighted by molar-refractivity contribution is 6.30. The Labute approximate surface area is 115 Å². The fourth-order valence-corrected chi connectivity index (χ4v) is 2.25. The average molecular weight is 258 g/mol. The molecule has 1 unspecified atom stereocenters. The van der Waals surface area contributed by atoms with Gasteiger partial charge in [-0.15, -0.1) is 0 Å². The zero-order valence-corrected chi connectivity index (χ0v) is 11.5. The van der Waals surface area contributed by atoms with Crippen LogP contribution in [0.5, 0.6) is 0 Å². The molecule has 0 saturated heterocycles. The Balaban J connectivity index is 2.19. The van der Waals surface area contributed by atoms with E-state index in [0.29, 0.717) is 5.92 Å². The summed E-state index contributed by atoms with van der Waals surface area (Å²) in [6, 6.07) is 16.7. The van der Waals surface area contributed by atoms with E-state index in [1.54, 1.807) is 0 Å². The highest BCUT2D eigenvalue weighted by Crippen LogP contribution is 2.25. The number of rotatable bonds is 4. The summed E-state index contributed by atoms with van der Waals surface area (Å²) >= 11 is 5.89. The normalized spacial score (nSPS) is 12.4. The Morgan fingerprint density at radius 3 is 1.94 bits per heavy atom. The lowest BCUT2D eigenvalue weighted by Crippen LogP contribution is -1.92. The molecule has 2 aromatic rings. The molecule has 0 nitrogen and oxygen atoms in total. The Bertz CT molecular complexity index is 482. The van der Waals surface area contributed by atoms with Crippen LogP contribution in [0, 0.1) is 6.92 Å². The lowest BCUT2D eigenvalue weighted by Gasteiger charge is -2.11. The van der Waals surface area contributed by atoms with E-state index < -0.39 is 0 Å². The summed E-state index contributed by atoms with van der Waals surface area (Å²) in [6.45, 7) is 6.16. The van der Waals surface area contributed by atoms with Crippen molar-refractivity contribution in [1.82, 2.24) is 0 Å². The van der Waals surface area contributed by atoms with Crippen molar-refractivity contribution >= 4 is 11.6 Å². The molecule has 0 amide bonds. The third-order valence-corrected chi connectivity index (χ3v) is 3.55. The monoisotopic (exact) mass is 257 g/mol. The number of hydrogen-bond donors (Lipinski definition) is 0. The van der Waals surface area contributed by atoms with Crippen molar-refractivity contribution in [2.75, 3.05) is 0 Å². The van der Waals surface area contributed by atoms with Crippen molar-refractivity contribution in [2.24, 2.45) is 0 Å². The number of benzene rings is 2. The lowest BCUT2D eigenvalue weighted by atomic mass is 9.94. The first kappa shape index (κ1) is 13.2. The maximum Gasteiger partial charge on any atom is 0.0406 e. The first-order chi connectivity index (χ1) is 8.70. The first-order valence-electron chi connectivity index (χ1n) is 6.36. The molecule has 1 heteroatoms. The molecule has 93 valence electrons. The van der Waals surface area contributed by atoms with Crippen molar-refractivity contribution in [1.29, 1.82) is 0 Å². The van der Waals surface area contributed by atoms with E-state index >= 15 is 0 Å². The van der Waals surface area contributed by atoms with E-state index in [1.807, 2.05) is 12.1 Å². The Morgan fingerprint density at radius 2 is 1.44 bits per heavy atom. The van der Waals surface area contributed by atoms with Gasteiger partial charge in [0.05, 0.1) is 0 Å². The highest BCUT2D eigenvalue weighted by Gasteiger charge is 2.04. The van der Waals surface area contributed by atoms with E-state index in [-0.39, 0.29) is 0 Å². The van der Waals surface area contributed by atoms with Gasteiger partial charge in [0.2, 0.25) is 0 Å². The standard InChI is InChI=1S/C17H18Cl/c1-3-4-13(2)14-5-7-15(8-6-14)16-9-11-17(18)12-10-16/h5-13H,1,3-4H2,2H3. The topological polar surface area (TPSA) is 0 Å². The Kier molecular flexibility index (Phi) is 4.43. The number of hydrogen-bond acceptors (Lipinski definition) is 0. The molecule has 0 spiro atoms. The Morgan fingerprint density at radius 1 is 0.944 bits per heavy atom. The van der Waals surface area contributed by atoms with Crippen LogP contribution < -0.4 is 0 Å². The van der Waals surface area contributed by atoms with Gasteiger partial charge in [0, 0.05) is 5.02 Å². The van der Waals surface area contributed by atoms with E-state index in [0.717, 1.165) is 17.9 Å². The van der Waals surface area contributed by atoms with Crippen molar-refractivity contribution in [3.63, 3.8) is 0 Å². The molecule has 0 N–H and O–H groups in total. The SMILES string of the molecule is [CH2]CCC(C)c1ccc(-c2ccc(Cl)cc2)cc1. The number of halogens is 1. The van der Waals surface area contributed by atoms with Crippen molar-refractivity contribution in [3.05, 3.63) is 66.0 Å². The van der Waals surface area contributed by atoms with E-state index in [9.17, 15) is 0 Å². The summed E-state index contributed by atoms with van der Waals surface area (Å²) < 4.78 is 0. The zero-order chi connectivity index (χ0) is 13.0. The van der Waals surface area contributed by atoms with Crippen LogP contribution in [0.1, 0.15) is 31.2 Å². The minimum Gasteiger partial charge on any atom is -0.0843 e. The maximum absolute atomic E-state index is 5.89. The molecule has 0 fully saturated rings. The van der Waals surface area contributed by atoms with Gasteiger partial charge in [-0.2, -0.15) is 0 Å². The lowest BCUT2D eigenvalue weighted by molar-refractivity contribution is 0.689. The molecule has 0 aliphatic rings. The van der Waals surface area contributed by atoms with Gasteiger partial charge < -0.3 is 0 Å². The summed E-state index contributed by atoms with van der Waals surface area (Å²) in [7, 11) is 0. The second-order valence-corrected chi connectivity index (χ2v) is 5.11. The predicted molar refractivity (Wildman–Crippen MR) is 79.9 cm³/mol. The van der Waals surface area contributed by atoms with Crippen LogP contribution in [0.4, 0.5) is 0 Å². The van der Waals surface area contributed by atoms with Gasteiger partial charge in [-0.05, 0) is 41.2 Å². The molecule has 0 saturated carbocycles. The van der Waals surface area contributed by atoms with Crippen LogP contribution >= 0.6 is 11.6 Å². The summed E-state index contributed by atoms with van der Waals surface area (Å²) in [5.74, 6) is 0.585. The molecule has 0 heterocycles.